The Kier molecular flexibility index (Phi) is 3.14. The Morgan fingerprint density at radius 2 is 2.18 bits per heavy atom. The van der Waals surface area contributed by atoms with E-state index in [9.17, 15) is 0 Å². The molecule has 1 aromatic carbocycles. The third-order valence-corrected chi connectivity index (χ3v) is 3.78. The van der Waals surface area contributed by atoms with Gasteiger partial charge in [-0.15, -0.1) is 0 Å². The van der Waals surface area contributed by atoms with Gasteiger partial charge in [-0.25, -0.2) is 0 Å². The van der Waals surface area contributed by atoms with Crippen LogP contribution in [0.3, 0.4) is 0 Å². The lowest BCUT2D eigenvalue weighted by Crippen LogP contribution is -2.31. The second kappa shape index (κ2) is 4.92. The predicted octanol–water partition coefficient (Wildman–Crippen LogP) is 2.68. The van der Waals surface area contributed by atoms with Crippen LogP contribution in [-0.4, -0.2) is 30.6 Å². The van der Waals surface area contributed by atoms with Crippen LogP contribution in [0, 0.1) is 0 Å². The molecule has 2 aliphatic heterocycles. The summed E-state index contributed by atoms with van der Waals surface area (Å²) >= 11 is 0. The molecule has 0 spiro atoms. The molecule has 0 fully saturated rings. The first kappa shape index (κ1) is 10.8. The number of hydrogen-bond acceptors (Lipinski definition) is 2. The molecule has 2 heterocycles. The first-order chi connectivity index (χ1) is 8.42. The minimum Gasteiger partial charge on any atom is -0.382 e. The third-order valence-electron chi connectivity index (χ3n) is 3.78. The minimum absolute atomic E-state index is 0.637. The standard InChI is InChI=1S/C15H20N2/c1-4-9-17(10-5-1)11-8-14-12-13-6-2-3-7-15(13)16-14/h1-4,6-7,14,16H,5,8-12H2. The molecule has 0 saturated heterocycles. The normalized spacial score (nSPS) is 23.4. The van der Waals surface area contributed by atoms with Crippen molar-refractivity contribution in [1.29, 1.82) is 0 Å². The van der Waals surface area contributed by atoms with Gasteiger partial charge >= 0.3 is 0 Å². The van der Waals surface area contributed by atoms with E-state index in [1.807, 2.05) is 0 Å². The number of benzene rings is 1. The zero-order valence-corrected chi connectivity index (χ0v) is 10.2. The van der Waals surface area contributed by atoms with Crippen LogP contribution in [0.4, 0.5) is 5.69 Å². The lowest BCUT2D eigenvalue weighted by atomic mass is 10.1. The Bertz CT molecular complexity index is 386. The van der Waals surface area contributed by atoms with Gasteiger partial charge in [-0.05, 0) is 30.9 Å². The van der Waals surface area contributed by atoms with E-state index in [-0.39, 0.29) is 0 Å². The summed E-state index contributed by atoms with van der Waals surface area (Å²) in [5, 5.41) is 3.63. The van der Waals surface area contributed by atoms with Crippen molar-refractivity contribution in [3.63, 3.8) is 0 Å². The van der Waals surface area contributed by atoms with Crippen LogP contribution in [0.1, 0.15) is 18.4 Å². The zero-order chi connectivity index (χ0) is 11.5. The number of nitrogens with zero attached hydrogens (tertiary/aromatic N) is 1. The van der Waals surface area contributed by atoms with Gasteiger partial charge in [0.1, 0.15) is 0 Å². The highest BCUT2D eigenvalue weighted by Crippen LogP contribution is 2.26. The summed E-state index contributed by atoms with van der Waals surface area (Å²) in [4.78, 5) is 2.55. The van der Waals surface area contributed by atoms with Crippen LogP contribution in [0.5, 0.6) is 0 Å². The predicted molar refractivity (Wildman–Crippen MR) is 72.4 cm³/mol. The fourth-order valence-electron chi connectivity index (χ4n) is 2.78. The van der Waals surface area contributed by atoms with Crippen LogP contribution in [-0.2, 0) is 6.42 Å². The molecule has 2 heteroatoms. The molecule has 0 aromatic heterocycles. The van der Waals surface area contributed by atoms with E-state index in [0.717, 1.165) is 6.54 Å². The number of fused-ring (bicyclic) bond motifs is 1. The summed E-state index contributed by atoms with van der Waals surface area (Å²) < 4.78 is 0. The van der Waals surface area contributed by atoms with Gasteiger partial charge in [0.2, 0.25) is 0 Å². The van der Waals surface area contributed by atoms with Gasteiger partial charge < -0.3 is 5.32 Å². The summed E-state index contributed by atoms with van der Waals surface area (Å²) in [6.45, 7) is 3.59. The SMILES string of the molecule is C1=CCN(CCC2Cc3ccccc3N2)CC1. The maximum absolute atomic E-state index is 3.63. The summed E-state index contributed by atoms with van der Waals surface area (Å²) in [5.41, 5.74) is 2.83. The van der Waals surface area contributed by atoms with E-state index < -0.39 is 0 Å². The molecule has 0 saturated carbocycles. The van der Waals surface area contributed by atoms with Crippen LogP contribution < -0.4 is 5.32 Å². The Labute approximate surface area is 103 Å². The lowest BCUT2D eigenvalue weighted by Gasteiger charge is -2.24. The van der Waals surface area contributed by atoms with Gasteiger partial charge in [0.25, 0.3) is 0 Å². The highest BCUT2D eigenvalue weighted by Gasteiger charge is 2.20. The van der Waals surface area contributed by atoms with E-state index in [1.165, 1.54) is 43.6 Å². The van der Waals surface area contributed by atoms with Gasteiger partial charge in [-0.1, -0.05) is 30.4 Å². The van der Waals surface area contributed by atoms with Crippen molar-refractivity contribution in [3.05, 3.63) is 42.0 Å². The zero-order valence-electron chi connectivity index (χ0n) is 10.2. The molecule has 0 bridgehead atoms. The molecule has 1 aromatic rings. The van der Waals surface area contributed by atoms with Crippen molar-refractivity contribution in [3.8, 4) is 0 Å². The lowest BCUT2D eigenvalue weighted by molar-refractivity contribution is 0.289. The van der Waals surface area contributed by atoms with Gasteiger partial charge in [0.05, 0.1) is 0 Å². The molecule has 0 radical (unpaired) electrons. The van der Waals surface area contributed by atoms with Crippen molar-refractivity contribution < 1.29 is 0 Å². The molecule has 1 unspecified atom stereocenters. The highest BCUT2D eigenvalue weighted by molar-refractivity contribution is 5.56. The smallest absolute Gasteiger partial charge is 0.0375 e. The molecule has 0 aliphatic carbocycles. The Morgan fingerprint density at radius 1 is 1.24 bits per heavy atom. The third kappa shape index (κ3) is 2.52. The van der Waals surface area contributed by atoms with E-state index in [2.05, 4.69) is 46.6 Å². The largest absolute Gasteiger partial charge is 0.382 e. The van der Waals surface area contributed by atoms with Crippen molar-refractivity contribution in [2.45, 2.75) is 25.3 Å². The molecule has 0 amide bonds. The number of hydrogen-bond donors (Lipinski definition) is 1. The summed E-state index contributed by atoms with van der Waals surface area (Å²) in [6.07, 6.45) is 8.25. The van der Waals surface area contributed by atoms with Crippen molar-refractivity contribution in [2.24, 2.45) is 0 Å². The molecule has 90 valence electrons. The summed E-state index contributed by atoms with van der Waals surface area (Å²) in [6, 6.07) is 9.32. The fourth-order valence-corrected chi connectivity index (χ4v) is 2.78. The van der Waals surface area contributed by atoms with Gasteiger partial charge in [-0.3, -0.25) is 4.90 Å². The molecule has 3 rings (SSSR count). The van der Waals surface area contributed by atoms with Crippen LogP contribution in [0.15, 0.2) is 36.4 Å². The Hall–Kier alpha value is -1.28. The van der Waals surface area contributed by atoms with E-state index in [1.54, 1.807) is 0 Å². The molecular formula is C15H20N2. The van der Waals surface area contributed by atoms with Crippen molar-refractivity contribution in [2.75, 3.05) is 25.0 Å². The average molecular weight is 228 g/mol. The molecule has 1 atom stereocenters. The Morgan fingerprint density at radius 3 is 3.00 bits per heavy atom. The minimum atomic E-state index is 0.637. The first-order valence-corrected chi connectivity index (χ1v) is 6.63. The number of rotatable bonds is 3. The summed E-state index contributed by atoms with van der Waals surface area (Å²) in [5.74, 6) is 0. The second-order valence-corrected chi connectivity index (χ2v) is 5.05. The van der Waals surface area contributed by atoms with E-state index in [4.69, 9.17) is 0 Å². The maximum atomic E-state index is 3.63. The second-order valence-electron chi connectivity index (χ2n) is 5.05. The molecule has 2 aliphatic rings. The average Bonchev–Trinajstić information content (AvgIpc) is 2.80. The van der Waals surface area contributed by atoms with Crippen molar-refractivity contribution >= 4 is 5.69 Å². The topological polar surface area (TPSA) is 15.3 Å². The Balaban J connectivity index is 1.50. The highest BCUT2D eigenvalue weighted by atomic mass is 15.1. The molecular weight excluding hydrogens is 208 g/mol. The van der Waals surface area contributed by atoms with Gasteiger partial charge in [-0.2, -0.15) is 0 Å². The van der Waals surface area contributed by atoms with Crippen molar-refractivity contribution in [1.82, 2.24) is 4.90 Å². The first-order valence-electron chi connectivity index (χ1n) is 6.63. The van der Waals surface area contributed by atoms with Crippen LogP contribution >= 0.6 is 0 Å². The molecule has 1 N–H and O–H groups in total. The monoisotopic (exact) mass is 228 g/mol. The van der Waals surface area contributed by atoms with Crippen LogP contribution in [0.2, 0.25) is 0 Å². The van der Waals surface area contributed by atoms with E-state index >= 15 is 0 Å². The van der Waals surface area contributed by atoms with E-state index in [0.29, 0.717) is 6.04 Å². The summed E-state index contributed by atoms with van der Waals surface area (Å²) in [7, 11) is 0. The maximum Gasteiger partial charge on any atom is 0.0375 e. The van der Waals surface area contributed by atoms with Gasteiger partial charge in [0, 0.05) is 31.4 Å². The molecule has 2 nitrogen and oxygen atoms in total. The molecule has 17 heavy (non-hydrogen) atoms. The van der Waals surface area contributed by atoms with Gasteiger partial charge in [0.15, 0.2) is 0 Å². The number of para-hydroxylation sites is 1. The fraction of sp³-hybridized carbons (Fsp3) is 0.467. The van der Waals surface area contributed by atoms with Crippen LogP contribution in [0.25, 0.3) is 0 Å². The quantitative estimate of drug-likeness (QED) is 0.800. The number of anilines is 1. The number of nitrogens with one attached hydrogen (secondary N) is 1.